The van der Waals surface area contributed by atoms with Crippen molar-refractivity contribution in [3.63, 3.8) is 0 Å². The minimum absolute atomic E-state index is 0.895. The highest BCUT2D eigenvalue weighted by atomic mass is 15.2. The number of hydrogen-bond acceptors (Lipinski definition) is 2. The number of amidine groups is 1. The number of rotatable bonds is 4. The zero-order valence-electron chi connectivity index (χ0n) is 20.2. The molecule has 2 heterocycles. The maximum Gasteiger partial charge on any atom is 0.108 e. The van der Waals surface area contributed by atoms with E-state index in [-0.39, 0.29) is 0 Å². The molecule has 35 heavy (non-hydrogen) atoms. The molecule has 174 valence electrons. The standard InChI is InChI=1S/C24H20B.C8H12N2/c1-5-13-21(14-6-1)25(22-15-7-2-8-16-22,23-17-9-3-10-18-23)24-19-11-4-12-20-24;1-2-6-10-7-3-5-9-8(10)4-1/h1-20H;3,7H,1-2,4-6H2/q-1;. The van der Waals surface area contributed by atoms with E-state index in [4.69, 9.17) is 0 Å². The normalized spacial score (nSPS) is 14.9. The van der Waals surface area contributed by atoms with Gasteiger partial charge in [-0.05, 0) is 18.9 Å². The molecule has 0 saturated carbocycles. The molecular weight excluding hydrogens is 423 g/mol. The summed E-state index contributed by atoms with van der Waals surface area (Å²) in [7, 11) is 0. The van der Waals surface area contributed by atoms with Gasteiger partial charge in [0.2, 0.25) is 0 Å². The van der Waals surface area contributed by atoms with Crippen molar-refractivity contribution in [1.82, 2.24) is 4.90 Å². The van der Waals surface area contributed by atoms with Crippen LogP contribution in [0.3, 0.4) is 0 Å². The average Bonchev–Trinajstić information content (AvgIpc) is 2.96. The molecule has 2 aliphatic rings. The van der Waals surface area contributed by atoms with Crippen LogP contribution in [0.25, 0.3) is 0 Å². The third-order valence-corrected chi connectivity index (χ3v) is 7.24. The van der Waals surface area contributed by atoms with Gasteiger partial charge in [-0.15, -0.1) is 0 Å². The van der Waals surface area contributed by atoms with Gasteiger partial charge >= 0.3 is 0 Å². The summed E-state index contributed by atoms with van der Waals surface area (Å²) in [4.78, 5) is 6.68. The molecule has 0 amide bonds. The van der Waals surface area contributed by atoms with Crippen LogP contribution in [0.2, 0.25) is 0 Å². The highest BCUT2D eigenvalue weighted by molar-refractivity contribution is 7.19. The molecule has 2 aliphatic heterocycles. The molecule has 1 saturated heterocycles. The van der Waals surface area contributed by atoms with E-state index in [0.717, 1.165) is 6.54 Å². The van der Waals surface area contributed by atoms with E-state index in [1.165, 1.54) is 53.5 Å². The van der Waals surface area contributed by atoms with Crippen molar-refractivity contribution in [2.75, 3.05) is 13.1 Å². The molecule has 4 aromatic rings. The third-order valence-electron chi connectivity index (χ3n) is 7.24. The van der Waals surface area contributed by atoms with E-state index in [1.807, 2.05) is 0 Å². The van der Waals surface area contributed by atoms with Gasteiger partial charge in [-0.3, -0.25) is 4.99 Å². The second kappa shape index (κ2) is 11.1. The van der Waals surface area contributed by atoms with Crippen LogP contribution in [0.5, 0.6) is 0 Å². The van der Waals surface area contributed by atoms with Crippen molar-refractivity contribution in [1.29, 1.82) is 0 Å². The van der Waals surface area contributed by atoms with Gasteiger partial charge in [0, 0.05) is 19.2 Å². The molecule has 0 aromatic heterocycles. The minimum Gasteiger partial charge on any atom is -0.337 e. The van der Waals surface area contributed by atoms with Crippen LogP contribution < -0.4 is 21.9 Å². The van der Waals surface area contributed by atoms with E-state index >= 15 is 0 Å². The van der Waals surface area contributed by atoms with Crippen LogP contribution >= 0.6 is 0 Å². The van der Waals surface area contributed by atoms with E-state index in [0.29, 0.717) is 0 Å². The Labute approximate surface area is 209 Å². The molecule has 6 rings (SSSR count). The van der Waals surface area contributed by atoms with Crippen molar-refractivity contribution in [2.24, 2.45) is 4.99 Å². The molecular formula is C32H32BN2-. The van der Waals surface area contributed by atoms with Crippen molar-refractivity contribution < 1.29 is 0 Å². The molecule has 0 N–H and O–H groups in total. The third kappa shape index (κ3) is 4.86. The Morgan fingerprint density at radius 3 is 1.37 bits per heavy atom. The lowest BCUT2D eigenvalue weighted by atomic mass is 9.13. The number of nitrogens with zero attached hydrogens (tertiary/aromatic N) is 2. The Balaban J connectivity index is 0.000000211. The molecule has 0 bridgehead atoms. The Morgan fingerprint density at radius 1 is 0.543 bits per heavy atom. The van der Waals surface area contributed by atoms with Gasteiger partial charge in [0.1, 0.15) is 12.0 Å². The Morgan fingerprint density at radius 2 is 0.971 bits per heavy atom. The SMILES string of the molecule is C1=CN2CCCCC2=NC1.c1ccc([B-](c2ccccc2)(c2ccccc2)c2ccccc2)cc1. The lowest BCUT2D eigenvalue weighted by Crippen LogP contribution is -2.74. The van der Waals surface area contributed by atoms with Gasteiger partial charge in [-0.25, -0.2) is 0 Å². The second-order valence-electron chi connectivity index (χ2n) is 9.30. The summed E-state index contributed by atoms with van der Waals surface area (Å²) >= 11 is 0. The Kier molecular flexibility index (Phi) is 7.24. The fourth-order valence-corrected chi connectivity index (χ4v) is 5.62. The van der Waals surface area contributed by atoms with Crippen LogP contribution in [0, 0.1) is 0 Å². The molecule has 0 spiro atoms. The predicted octanol–water partition coefficient (Wildman–Crippen LogP) is 4.46. The van der Waals surface area contributed by atoms with Gasteiger partial charge in [0.05, 0.1) is 6.54 Å². The molecule has 0 atom stereocenters. The highest BCUT2D eigenvalue weighted by Gasteiger charge is 2.31. The summed E-state index contributed by atoms with van der Waals surface area (Å²) in [6, 6.07) is 43.5. The van der Waals surface area contributed by atoms with Crippen molar-refractivity contribution in [3.8, 4) is 0 Å². The largest absolute Gasteiger partial charge is 0.337 e. The molecule has 0 unspecified atom stereocenters. The summed E-state index contributed by atoms with van der Waals surface area (Å²) in [6.45, 7) is 2.07. The monoisotopic (exact) mass is 455 g/mol. The van der Waals surface area contributed by atoms with Crippen LogP contribution in [0.15, 0.2) is 139 Å². The van der Waals surface area contributed by atoms with Gasteiger partial charge in [-0.1, -0.05) is 121 Å². The zero-order chi connectivity index (χ0) is 23.8. The molecule has 4 aromatic carbocycles. The van der Waals surface area contributed by atoms with Gasteiger partial charge < -0.3 is 4.90 Å². The number of piperidine rings is 1. The van der Waals surface area contributed by atoms with Gasteiger partial charge in [0.15, 0.2) is 0 Å². The number of aliphatic imine (C=N–C) groups is 1. The molecule has 1 fully saturated rings. The first-order valence-corrected chi connectivity index (χ1v) is 12.7. The first-order valence-electron chi connectivity index (χ1n) is 12.7. The van der Waals surface area contributed by atoms with Crippen molar-refractivity contribution in [2.45, 2.75) is 19.3 Å². The predicted molar refractivity (Wildman–Crippen MR) is 152 cm³/mol. The number of benzene rings is 4. The summed E-state index contributed by atoms with van der Waals surface area (Å²) in [5.74, 6) is 1.30. The van der Waals surface area contributed by atoms with Crippen LogP contribution in [-0.2, 0) is 0 Å². The first-order chi connectivity index (χ1) is 17.4. The number of hydrogen-bond donors (Lipinski definition) is 0. The summed E-state index contributed by atoms with van der Waals surface area (Å²) < 4.78 is 0. The fraction of sp³-hybridized carbons (Fsp3) is 0.156. The lowest BCUT2D eigenvalue weighted by Gasteiger charge is -2.44. The average molecular weight is 455 g/mol. The Hall–Kier alpha value is -3.85. The summed E-state index contributed by atoms with van der Waals surface area (Å²) in [5.41, 5.74) is 5.36. The van der Waals surface area contributed by atoms with E-state index in [2.05, 4.69) is 143 Å². The van der Waals surface area contributed by atoms with Crippen molar-refractivity contribution in [3.05, 3.63) is 134 Å². The highest BCUT2D eigenvalue weighted by Crippen LogP contribution is 2.14. The maximum absolute atomic E-state index is 4.41. The Bertz CT molecular complexity index is 1090. The van der Waals surface area contributed by atoms with E-state index in [9.17, 15) is 0 Å². The molecule has 0 aliphatic carbocycles. The van der Waals surface area contributed by atoms with E-state index in [1.54, 1.807) is 0 Å². The lowest BCUT2D eigenvalue weighted by molar-refractivity contribution is 0.463. The summed E-state index contributed by atoms with van der Waals surface area (Å²) in [6.07, 6.45) is 6.90. The molecule has 3 heteroatoms. The molecule has 2 nitrogen and oxygen atoms in total. The maximum atomic E-state index is 4.41. The second-order valence-corrected chi connectivity index (χ2v) is 9.30. The topological polar surface area (TPSA) is 15.6 Å². The van der Waals surface area contributed by atoms with Gasteiger partial charge in [0.25, 0.3) is 0 Å². The van der Waals surface area contributed by atoms with Crippen LogP contribution in [-0.4, -0.2) is 30.0 Å². The molecule has 0 radical (unpaired) electrons. The summed E-state index contributed by atoms with van der Waals surface area (Å²) in [5, 5.41) is 0. The van der Waals surface area contributed by atoms with Crippen LogP contribution in [0.1, 0.15) is 19.3 Å². The quantitative estimate of drug-likeness (QED) is 0.415. The van der Waals surface area contributed by atoms with Gasteiger partial charge in [-0.2, -0.15) is 21.9 Å². The fourth-order valence-electron chi connectivity index (χ4n) is 5.62. The smallest absolute Gasteiger partial charge is 0.108 e. The van der Waals surface area contributed by atoms with Crippen LogP contribution in [0.4, 0.5) is 0 Å². The van der Waals surface area contributed by atoms with Crippen molar-refractivity contribution >= 4 is 33.8 Å². The van der Waals surface area contributed by atoms with E-state index < -0.39 is 6.15 Å². The minimum atomic E-state index is -1.22. The zero-order valence-corrected chi connectivity index (χ0v) is 20.2. The first kappa shape index (κ1) is 22.9. The number of fused-ring (bicyclic) bond motifs is 1.